The third-order valence-electron chi connectivity index (χ3n) is 3.27. The number of rotatable bonds is 2. The molecule has 0 radical (unpaired) electrons. The zero-order chi connectivity index (χ0) is 14.8. The summed E-state index contributed by atoms with van der Waals surface area (Å²) in [6.07, 6.45) is -1.91. The van der Waals surface area contributed by atoms with Gasteiger partial charge in [0.25, 0.3) is 5.91 Å². The second-order valence-corrected chi connectivity index (χ2v) is 4.98. The number of amides is 1. The number of hydrogen-bond acceptors (Lipinski definition) is 3. The minimum atomic E-state index is -4.49. The molecule has 110 valence electrons. The lowest BCUT2D eigenvalue weighted by atomic mass is 10.0. The Morgan fingerprint density at radius 1 is 1.45 bits per heavy atom. The van der Waals surface area contributed by atoms with Gasteiger partial charge in [-0.1, -0.05) is 0 Å². The molecule has 7 heteroatoms. The minimum absolute atomic E-state index is 0.0426. The number of aromatic nitrogens is 1. The van der Waals surface area contributed by atoms with Gasteiger partial charge in [0.1, 0.15) is 5.69 Å². The highest BCUT2D eigenvalue weighted by Gasteiger charge is 2.32. The first-order chi connectivity index (χ1) is 9.36. The highest BCUT2D eigenvalue weighted by atomic mass is 19.4. The molecule has 2 heterocycles. The zero-order valence-corrected chi connectivity index (χ0v) is 11.0. The molecule has 0 aromatic carbocycles. The Morgan fingerprint density at radius 2 is 2.20 bits per heavy atom. The lowest BCUT2D eigenvalue weighted by Gasteiger charge is -2.28. The lowest BCUT2D eigenvalue weighted by Crippen LogP contribution is -2.46. The van der Waals surface area contributed by atoms with Crippen LogP contribution in [0.3, 0.4) is 0 Å². The van der Waals surface area contributed by atoms with Gasteiger partial charge in [0.2, 0.25) is 0 Å². The number of nitrogens with zero attached hydrogens (tertiary/aromatic N) is 1. The molecular formula is C13H16F3N3O. The van der Waals surface area contributed by atoms with Crippen molar-refractivity contribution in [2.45, 2.75) is 38.0 Å². The largest absolute Gasteiger partial charge is 0.433 e. The lowest BCUT2D eigenvalue weighted by molar-refractivity contribution is -0.141. The van der Waals surface area contributed by atoms with Gasteiger partial charge in [-0.25, -0.2) is 0 Å². The maximum Gasteiger partial charge on any atom is 0.433 e. The molecule has 4 nitrogen and oxygen atoms in total. The molecule has 2 atom stereocenters. The fourth-order valence-corrected chi connectivity index (χ4v) is 2.23. The first-order valence-corrected chi connectivity index (χ1v) is 6.44. The molecule has 0 aliphatic carbocycles. The number of carbonyl (C=O) groups excluding carboxylic acids is 1. The van der Waals surface area contributed by atoms with Gasteiger partial charge >= 0.3 is 6.18 Å². The maximum atomic E-state index is 12.4. The number of halogens is 3. The Balaban J connectivity index is 1.99. The molecule has 0 bridgehead atoms. The molecule has 1 aromatic heterocycles. The topological polar surface area (TPSA) is 54.0 Å². The van der Waals surface area contributed by atoms with Crippen molar-refractivity contribution in [2.75, 3.05) is 6.54 Å². The molecule has 1 saturated heterocycles. The second kappa shape index (κ2) is 5.78. The van der Waals surface area contributed by atoms with Crippen molar-refractivity contribution in [1.82, 2.24) is 15.6 Å². The van der Waals surface area contributed by atoms with Crippen LogP contribution in [-0.4, -0.2) is 29.5 Å². The highest BCUT2D eigenvalue weighted by Crippen LogP contribution is 2.27. The Morgan fingerprint density at radius 3 is 2.75 bits per heavy atom. The molecule has 1 aliphatic heterocycles. The van der Waals surface area contributed by atoms with Crippen LogP contribution in [-0.2, 0) is 6.18 Å². The molecule has 1 aromatic rings. The first kappa shape index (κ1) is 14.8. The van der Waals surface area contributed by atoms with Crippen LogP contribution in [0, 0.1) is 0 Å². The summed E-state index contributed by atoms with van der Waals surface area (Å²) in [6.45, 7) is 2.84. The van der Waals surface area contributed by atoms with E-state index in [0.717, 1.165) is 37.7 Å². The monoisotopic (exact) mass is 287 g/mol. The molecule has 1 amide bonds. The third-order valence-corrected chi connectivity index (χ3v) is 3.27. The van der Waals surface area contributed by atoms with E-state index in [-0.39, 0.29) is 17.5 Å². The third kappa shape index (κ3) is 3.69. The van der Waals surface area contributed by atoms with Crippen LogP contribution in [0.15, 0.2) is 18.3 Å². The van der Waals surface area contributed by atoms with E-state index in [1.807, 2.05) is 6.92 Å². The summed E-state index contributed by atoms with van der Waals surface area (Å²) in [5, 5.41) is 6.08. The van der Waals surface area contributed by atoms with Gasteiger partial charge in [0, 0.05) is 18.3 Å². The quantitative estimate of drug-likeness (QED) is 0.874. The molecule has 20 heavy (non-hydrogen) atoms. The number of carbonyl (C=O) groups is 1. The van der Waals surface area contributed by atoms with Crippen molar-refractivity contribution in [2.24, 2.45) is 0 Å². The van der Waals surface area contributed by atoms with Crippen LogP contribution >= 0.6 is 0 Å². The van der Waals surface area contributed by atoms with Crippen molar-refractivity contribution in [3.63, 3.8) is 0 Å². The van der Waals surface area contributed by atoms with Gasteiger partial charge in [-0.3, -0.25) is 9.78 Å². The van der Waals surface area contributed by atoms with Gasteiger partial charge in [0.15, 0.2) is 0 Å². The summed E-state index contributed by atoms with van der Waals surface area (Å²) < 4.78 is 37.1. The molecule has 1 fully saturated rings. The zero-order valence-electron chi connectivity index (χ0n) is 11.0. The van der Waals surface area contributed by atoms with E-state index >= 15 is 0 Å². The van der Waals surface area contributed by atoms with Gasteiger partial charge < -0.3 is 10.6 Å². The van der Waals surface area contributed by atoms with E-state index in [1.165, 1.54) is 0 Å². The average molecular weight is 287 g/mol. The Kier molecular flexibility index (Phi) is 4.27. The summed E-state index contributed by atoms with van der Waals surface area (Å²) in [5.74, 6) is -0.384. The van der Waals surface area contributed by atoms with Crippen LogP contribution in [0.5, 0.6) is 0 Å². The number of nitrogens with one attached hydrogen (secondary N) is 2. The molecule has 2 rings (SSSR count). The molecule has 2 N–H and O–H groups in total. The Labute approximate surface area is 114 Å². The van der Waals surface area contributed by atoms with Crippen molar-refractivity contribution in [1.29, 1.82) is 0 Å². The first-order valence-electron chi connectivity index (χ1n) is 6.44. The van der Waals surface area contributed by atoms with Gasteiger partial charge in [-0.2, -0.15) is 13.2 Å². The normalized spacial score (nSPS) is 23.4. The minimum Gasteiger partial charge on any atom is -0.349 e. The molecular weight excluding hydrogens is 271 g/mol. The van der Waals surface area contributed by atoms with E-state index < -0.39 is 11.9 Å². The van der Waals surface area contributed by atoms with Gasteiger partial charge in [-0.15, -0.1) is 0 Å². The molecule has 0 spiro atoms. The van der Waals surface area contributed by atoms with Crippen molar-refractivity contribution >= 4 is 5.91 Å². The number of hydrogen-bond donors (Lipinski definition) is 2. The van der Waals surface area contributed by atoms with E-state index in [9.17, 15) is 18.0 Å². The van der Waals surface area contributed by atoms with Crippen LogP contribution < -0.4 is 10.6 Å². The van der Waals surface area contributed by atoms with Gasteiger partial charge in [-0.05, 0) is 38.4 Å². The van der Waals surface area contributed by atoms with Crippen molar-refractivity contribution in [3.05, 3.63) is 29.6 Å². The second-order valence-electron chi connectivity index (χ2n) is 4.98. The maximum absolute atomic E-state index is 12.4. The predicted octanol–water partition coefficient (Wildman–Crippen LogP) is 1.97. The molecule has 0 saturated carbocycles. The summed E-state index contributed by atoms with van der Waals surface area (Å²) >= 11 is 0. The van der Waals surface area contributed by atoms with Gasteiger partial charge in [0.05, 0.1) is 5.56 Å². The van der Waals surface area contributed by atoms with Crippen LogP contribution in [0.1, 0.15) is 35.8 Å². The summed E-state index contributed by atoms with van der Waals surface area (Å²) in [6, 6.07) is 2.33. The van der Waals surface area contributed by atoms with Crippen LogP contribution in [0.25, 0.3) is 0 Å². The summed E-state index contributed by atoms with van der Waals surface area (Å²) in [5.41, 5.74) is -0.853. The molecule has 2 unspecified atom stereocenters. The number of alkyl halides is 3. The van der Waals surface area contributed by atoms with E-state index in [4.69, 9.17) is 0 Å². The number of pyridine rings is 1. The SMILES string of the molecule is CC1CC(NC(=O)c2ccc(C(F)(F)F)nc2)CCN1. The fraction of sp³-hybridized carbons (Fsp3) is 0.538. The van der Waals surface area contributed by atoms with Crippen LogP contribution in [0.2, 0.25) is 0 Å². The molecule has 1 aliphatic rings. The summed E-state index contributed by atoms with van der Waals surface area (Å²) in [7, 11) is 0. The predicted molar refractivity (Wildman–Crippen MR) is 67.2 cm³/mol. The summed E-state index contributed by atoms with van der Waals surface area (Å²) in [4.78, 5) is 15.2. The fourth-order valence-electron chi connectivity index (χ4n) is 2.23. The Hall–Kier alpha value is -1.63. The number of piperidine rings is 1. The van der Waals surface area contributed by atoms with E-state index in [0.29, 0.717) is 6.04 Å². The van der Waals surface area contributed by atoms with Crippen molar-refractivity contribution in [3.8, 4) is 0 Å². The van der Waals surface area contributed by atoms with E-state index in [2.05, 4.69) is 15.6 Å². The standard InChI is InChI=1S/C13H16F3N3O/c1-8-6-10(4-5-17-8)19-12(20)9-2-3-11(18-7-9)13(14,15)16/h2-3,7-8,10,17H,4-6H2,1H3,(H,19,20). The van der Waals surface area contributed by atoms with E-state index in [1.54, 1.807) is 0 Å². The van der Waals surface area contributed by atoms with Crippen molar-refractivity contribution < 1.29 is 18.0 Å². The highest BCUT2D eigenvalue weighted by molar-refractivity contribution is 5.94. The smallest absolute Gasteiger partial charge is 0.349 e. The Bertz CT molecular complexity index is 473. The van der Waals surface area contributed by atoms with Crippen LogP contribution in [0.4, 0.5) is 13.2 Å². The average Bonchev–Trinajstić information content (AvgIpc) is 2.38.